The molecule has 0 aromatic heterocycles. The Morgan fingerprint density at radius 2 is 1.43 bits per heavy atom. The van der Waals surface area contributed by atoms with Crippen LogP contribution < -0.4 is 4.90 Å². The summed E-state index contributed by atoms with van der Waals surface area (Å²) in [6.45, 7) is 4.72. The molecule has 7 rings (SSSR count). The highest BCUT2D eigenvalue weighted by molar-refractivity contribution is 6.07. The van der Waals surface area contributed by atoms with Crippen LogP contribution in [0.25, 0.3) is 21.5 Å². The van der Waals surface area contributed by atoms with Crippen LogP contribution in [0.4, 0.5) is 11.4 Å². The van der Waals surface area contributed by atoms with Gasteiger partial charge in [-0.2, -0.15) is 4.58 Å². The molecule has 0 radical (unpaired) electrons. The van der Waals surface area contributed by atoms with Gasteiger partial charge in [-0.3, -0.25) is 0 Å². The SMILES string of the molecule is CN1C(=CC=CC2=[N+](C)c3ccc4ccccc4c3C2(C)C)C(Cc2ccccc2)c2c1ccc1ccccc21. The monoisotopic (exact) mass is 519 g/mol. The fourth-order valence-electron chi connectivity index (χ4n) is 7.18. The molecule has 2 aliphatic heterocycles. The summed E-state index contributed by atoms with van der Waals surface area (Å²) in [5.41, 5.74) is 9.40. The van der Waals surface area contributed by atoms with Gasteiger partial charge in [0.05, 0.1) is 5.41 Å². The maximum Gasteiger partial charge on any atom is 0.210 e. The minimum atomic E-state index is -0.0931. The average molecular weight is 520 g/mol. The van der Waals surface area contributed by atoms with Gasteiger partial charge in [0, 0.05) is 42.1 Å². The van der Waals surface area contributed by atoms with Crippen LogP contribution in [0.15, 0.2) is 127 Å². The van der Waals surface area contributed by atoms with E-state index in [2.05, 4.69) is 159 Å². The molecule has 5 aromatic carbocycles. The van der Waals surface area contributed by atoms with Crippen molar-refractivity contribution in [1.82, 2.24) is 0 Å². The Balaban J connectivity index is 1.31. The molecule has 2 heteroatoms. The Hall–Kier alpha value is -4.43. The smallest absolute Gasteiger partial charge is 0.210 e. The topological polar surface area (TPSA) is 6.25 Å². The number of nitrogens with zero attached hydrogens (tertiary/aromatic N) is 2. The number of likely N-dealkylation sites (N-methyl/N-ethyl adjacent to an activating group) is 1. The minimum Gasteiger partial charge on any atom is -0.347 e. The van der Waals surface area contributed by atoms with Crippen molar-refractivity contribution in [2.24, 2.45) is 0 Å². The molecule has 2 aliphatic rings. The van der Waals surface area contributed by atoms with E-state index in [4.69, 9.17) is 0 Å². The summed E-state index contributed by atoms with van der Waals surface area (Å²) < 4.78 is 2.37. The summed E-state index contributed by atoms with van der Waals surface area (Å²) in [5, 5.41) is 5.31. The Morgan fingerprint density at radius 3 is 2.20 bits per heavy atom. The number of benzene rings is 5. The van der Waals surface area contributed by atoms with Crippen molar-refractivity contribution in [2.75, 3.05) is 19.0 Å². The second-order valence-corrected chi connectivity index (χ2v) is 11.7. The molecule has 0 saturated carbocycles. The lowest BCUT2D eigenvalue weighted by molar-refractivity contribution is -0.401. The molecule has 0 saturated heterocycles. The van der Waals surface area contributed by atoms with Gasteiger partial charge in [0.2, 0.25) is 5.69 Å². The number of fused-ring (bicyclic) bond motifs is 6. The van der Waals surface area contributed by atoms with E-state index in [-0.39, 0.29) is 5.41 Å². The molecule has 0 amide bonds. The van der Waals surface area contributed by atoms with Gasteiger partial charge in [0.25, 0.3) is 0 Å². The quantitative estimate of drug-likeness (QED) is 0.215. The van der Waals surface area contributed by atoms with Crippen LogP contribution >= 0.6 is 0 Å². The summed E-state index contributed by atoms with van der Waals surface area (Å²) in [4.78, 5) is 2.40. The molecule has 2 heterocycles. The van der Waals surface area contributed by atoms with E-state index in [0.717, 1.165) is 6.42 Å². The minimum absolute atomic E-state index is 0.0931. The molecule has 0 N–H and O–H groups in total. The lowest BCUT2D eigenvalue weighted by Gasteiger charge is -2.19. The molecule has 0 aliphatic carbocycles. The zero-order valence-electron chi connectivity index (χ0n) is 23.7. The van der Waals surface area contributed by atoms with Gasteiger partial charge in [0.1, 0.15) is 7.05 Å². The molecule has 0 bridgehead atoms. The van der Waals surface area contributed by atoms with Crippen LogP contribution in [0.2, 0.25) is 0 Å². The zero-order valence-corrected chi connectivity index (χ0v) is 23.7. The van der Waals surface area contributed by atoms with Crippen molar-refractivity contribution in [3.05, 3.63) is 144 Å². The predicted molar refractivity (Wildman–Crippen MR) is 170 cm³/mol. The summed E-state index contributed by atoms with van der Waals surface area (Å²) in [7, 11) is 4.43. The van der Waals surface area contributed by atoms with E-state index in [1.807, 2.05) is 0 Å². The third-order valence-corrected chi connectivity index (χ3v) is 9.10. The molecule has 5 aromatic rings. The summed E-state index contributed by atoms with van der Waals surface area (Å²) in [6, 6.07) is 37.6. The van der Waals surface area contributed by atoms with Crippen molar-refractivity contribution in [3.8, 4) is 0 Å². The zero-order chi connectivity index (χ0) is 27.4. The molecule has 1 atom stereocenters. The maximum atomic E-state index is 2.40. The van der Waals surface area contributed by atoms with Crippen LogP contribution in [0.1, 0.15) is 36.5 Å². The van der Waals surface area contributed by atoms with Crippen LogP contribution in [-0.4, -0.2) is 24.4 Å². The first-order valence-corrected chi connectivity index (χ1v) is 14.3. The number of allylic oxidation sites excluding steroid dienone is 4. The van der Waals surface area contributed by atoms with Crippen molar-refractivity contribution >= 4 is 38.6 Å². The second-order valence-electron chi connectivity index (χ2n) is 11.7. The Bertz CT molecular complexity index is 1870. The molecular weight excluding hydrogens is 484 g/mol. The van der Waals surface area contributed by atoms with Crippen LogP contribution in [-0.2, 0) is 11.8 Å². The number of anilines is 1. The molecule has 0 spiro atoms. The fourth-order valence-corrected chi connectivity index (χ4v) is 7.18. The highest BCUT2D eigenvalue weighted by Crippen LogP contribution is 2.48. The molecule has 0 fully saturated rings. The summed E-state index contributed by atoms with van der Waals surface area (Å²) in [6.07, 6.45) is 7.93. The van der Waals surface area contributed by atoms with Gasteiger partial charge >= 0.3 is 0 Å². The molecule has 1 unspecified atom stereocenters. The van der Waals surface area contributed by atoms with Gasteiger partial charge in [-0.1, -0.05) is 91.0 Å². The first-order valence-electron chi connectivity index (χ1n) is 14.3. The Kier molecular flexibility index (Phi) is 5.75. The van der Waals surface area contributed by atoms with E-state index in [1.54, 1.807) is 0 Å². The fraction of sp³-hybridized carbons (Fsp3) is 0.184. The van der Waals surface area contributed by atoms with Crippen LogP contribution in [0, 0.1) is 0 Å². The maximum absolute atomic E-state index is 2.40. The first-order chi connectivity index (χ1) is 19.4. The summed E-state index contributed by atoms with van der Waals surface area (Å²) >= 11 is 0. The van der Waals surface area contributed by atoms with Gasteiger partial charge in [-0.05, 0) is 71.1 Å². The van der Waals surface area contributed by atoms with Crippen molar-refractivity contribution in [2.45, 2.75) is 31.6 Å². The van der Waals surface area contributed by atoms with Gasteiger partial charge < -0.3 is 4.90 Å². The molecular formula is C38H35N2+. The molecule has 196 valence electrons. The summed E-state index contributed by atoms with van der Waals surface area (Å²) in [5.74, 6) is 0.290. The third kappa shape index (κ3) is 3.74. The van der Waals surface area contributed by atoms with Gasteiger partial charge in [-0.25, -0.2) is 0 Å². The predicted octanol–water partition coefficient (Wildman–Crippen LogP) is 8.92. The highest BCUT2D eigenvalue weighted by Gasteiger charge is 2.44. The standard InChI is InChI=1S/C38H35N2/c1-38(2)35(40(4)34-24-22-28-16-9-11-18-30(28)37(34)38)20-12-19-32-31(25-26-13-6-5-7-14-26)36-29-17-10-8-15-27(29)21-23-33(36)39(32)3/h5-24,31H,25H2,1-4H3/q+1. The number of hydrogen-bond acceptors (Lipinski definition) is 1. The van der Waals surface area contributed by atoms with Crippen molar-refractivity contribution in [3.63, 3.8) is 0 Å². The number of hydrogen-bond donors (Lipinski definition) is 0. The van der Waals surface area contributed by atoms with Crippen LogP contribution in [0.3, 0.4) is 0 Å². The highest BCUT2D eigenvalue weighted by atomic mass is 15.1. The average Bonchev–Trinajstić information content (AvgIpc) is 3.35. The molecule has 40 heavy (non-hydrogen) atoms. The molecule has 2 nitrogen and oxygen atoms in total. The van der Waals surface area contributed by atoms with Crippen LogP contribution in [0.5, 0.6) is 0 Å². The van der Waals surface area contributed by atoms with E-state index in [0.29, 0.717) is 5.92 Å². The largest absolute Gasteiger partial charge is 0.347 e. The van der Waals surface area contributed by atoms with E-state index < -0.39 is 0 Å². The van der Waals surface area contributed by atoms with E-state index >= 15 is 0 Å². The van der Waals surface area contributed by atoms with Gasteiger partial charge in [0.15, 0.2) is 5.71 Å². The Labute approximate surface area is 237 Å². The lowest BCUT2D eigenvalue weighted by Crippen LogP contribution is -2.26. The van der Waals surface area contributed by atoms with Crippen molar-refractivity contribution < 1.29 is 4.58 Å². The second kappa shape index (κ2) is 9.34. The Morgan fingerprint density at radius 1 is 0.775 bits per heavy atom. The van der Waals surface area contributed by atoms with E-state index in [1.165, 1.54) is 61.0 Å². The number of rotatable bonds is 4. The third-order valence-electron chi connectivity index (χ3n) is 9.10. The van der Waals surface area contributed by atoms with Crippen molar-refractivity contribution in [1.29, 1.82) is 0 Å². The van der Waals surface area contributed by atoms with Gasteiger partial charge in [-0.15, -0.1) is 0 Å². The normalized spacial score (nSPS) is 18.9. The lowest BCUT2D eigenvalue weighted by atomic mass is 9.79. The first kappa shape index (κ1) is 24.6. The van der Waals surface area contributed by atoms with E-state index in [9.17, 15) is 0 Å².